The Bertz CT molecular complexity index is 968. The van der Waals surface area contributed by atoms with Crippen molar-refractivity contribution in [3.63, 3.8) is 0 Å². The van der Waals surface area contributed by atoms with E-state index in [1.807, 2.05) is 36.6 Å². The Morgan fingerprint density at radius 1 is 1.29 bits per heavy atom. The van der Waals surface area contributed by atoms with Crippen LogP contribution in [0, 0.1) is 0 Å². The molecule has 7 nitrogen and oxygen atoms in total. The van der Waals surface area contributed by atoms with E-state index in [1.54, 1.807) is 18.6 Å². The van der Waals surface area contributed by atoms with E-state index in [4.69, 9.17) is 9.47 Å². The molecule has 2 aromatic heterocycles. The topological polar surface area (TPSA) is 78.3 Å². The molecule has 1 saturated heterocycles. The van der Waals surface area contributed by atoms with Gasteiger partial charge < -0.3 is 19.4 Å². The first-order valence-electron chi connectivity index (χ1n) is 9.45. The zero-order chi connectivity index (χ0) is 19.6. The second kappa shape index (κ2) is 7.69. The highest BCUT2D eigenvalue weighted by Crippen LogP contribution is 2.21. The molecule has 0 saturated carbocycles. The van der Waals surface area contributed by atoms with Gasteiger partial charge in [0.05, 0.1) is 18.5 Å². The highest BCUT2D eigenvalue weighted by atomic mass is 16.7. The van der Waals surface area contributed by atoms with Crippen LogP contribution in [0.15, 0.2) is 48.9 Å². The van der Waals surface area contributed by atoms with Crippen molar-refractivity contribution in [1.29, 1.82) is 0 Å². The lowest BCUT2D eigenvalue weighted by atomic mass is 10.1. The van der Waals surface area contributed by atoms with Crippen LogP contribution in [-0.2, 0) is 22.4 Å². The van der Waals surface area contributed by atoms with Crippen molar-refractivity contribution in [2.45, 2.75) is 38.7 Å². The Kier molecular flexibility index (Phi) is 5.11. The third kappa shape index (κ3) is 4.21. The summed E-state index contributed by atoms with van der Waals surface area (Å²) in [6.07, 6.45) is 4.12. The number of hydrogen-bond donors (Lipinski definition) is 1. The molecule has 3 aromatic rings. The van der Waals surface area contributed by atoms with Gasteiger partial charge in [-0.25, -0.2) is 9.97 Å². The number of benzene rings is 1. The smallest absolute Gasteiger partial charge is 0.253 e. The quantitative estimate of drug-likeness (QED) is 0.711. The number of rotatable bonds is 6. The zero-order valence-corrected chi connectivity index (χ0v) is 16.1. The van der Waals surface area contributed by atoms with Gasteiger partial charge in [-0.2, -0.15) is 0 Å². The van der Waals surface area contributed by atoms with Gasteiger partial charge >= 0.3 is 0 Å². The maximum absolute atomic E-state index is 12.4. The van der Waals surface area contributed by atoms with Crippen LogP contribution >= 0.6 is 0 Å². The second-order valence-electron chi connectivity index (χ2n) is 7.40. The van der Waals surface area contributed by atoms with Gasteiger partial charge in [-0.05, 0) is 31.9 Å². The fourth-order valence-corrected chi connectivity index (χ4v) is 3.30. The standard InChI is InChI=1S/C21H24N4O3/c1-21(2)27-13-17(28-21)12-23-20(26)16-10-18-19(22-11-16)25(14-24-18)9-8-15-6-4-3-5-7-15/h3-7,10-11,14,17H,8-9,12-13H2,1-2H3,(H,23,26). The van der Waals surface area contributed by atoms with Crippen molar-refractivity contribution in [3.8, 4) is 0 Å². The molecule has 0 aliphatic carbocycles. The van der Waals surface area contributed by atoms with Crippen LogP contribution in [0.4, 0.5) is 0 Å². The normalized spacial score (nSPS) is 18.4. The lowest BCUT2D eigenvalue weighted by molar-refractivity contribution is -0.137. The highest BCUT2D eigenvalue weighted by Gasteiger charge is 2.32. The molecule has 7 heteroatoms. The molecule has 3 heterocycles. The molecule has 1 aliphatic rings. The van der Waals surface area contributed by atoms with Gasteiger partial charge in [0, 0.05) is 19.3 Å². The molecule has 146 valence electrons. The fraction of sp³-hybridized carbons (Fsp3) is 0.381. The summed E-state index contributed by atoms with van der Waals surface area (Å²) in [5.74, 6) is -0.788. The number of nitrogens with zero attached hydrogens (tertiary/aromatic N) is 3. The monoisotopic (exact) mass is 380 g/mol. The maximum atomic E-state index is 12.4. The van der Waals surface area contributed by atoms with Crippen molar-refractivity contribution in [2.24, 2.45) is 0 Å². The molecule has 1 unspecified atom stereocenters. The maximum Gasteiger partial charge on any atom is 0.253 e. The number of imidazole rings is 1. The van der Waals surface area contributed by atoms with Crippen LogP contribution in [0.5, 0.6) is 0 Å². The van der Waals surface area contributed by atoms with Crippen molar-refractivity contribution in [1.82, 2.24) is 19.9 Å². The van der Waals surface area contributed by atoms with Gasteiger partial charge in [-0.15, -0.1) is 0 Å². The van der Waals surface area contributed by atoms with Crippen LogP contribution in [0.25, 0.3) is 11.2 Å². The first kappa shape index (κ1) is 18.6. The third-order valence-corrected chi connectivity index (χ3v) is 4.76. The van der Waals surface area contributed by atoms with E-state index >= 15 is 0 Å². The minimum atomic E-state index is -0.595. The molecule has 28 heavy (non-hydrogen) atoms. The van der Waals surface area contributed by atoms with E-state index in [2.05, 4.69) is 27.4 Å². The number of fused-ring (bicyclic) bond motifs is 1. The first-order valence-corrected chi connectivity index (χ1v) is 9.45. The molecule has 1 atom stereocenters. The summed E-state index contributed by atoms with van der Waals surface area (Å²) in [5.41, 5.74) is 3.24. The van der Waals surface area contributed by atoms with Gasteiger partial charge in [0.2, 0.25) is 0 Å². The molecule has 1 aromatic carbocycles. The molecule has 1 N–H and O–H groups in total. The van der Waals surface area contributed by atoms with Crippen LogP contribution < -0.4 is 5.32 Å². The fourth-order valence-electron chi connectivity index (χ4n) is 3.30. The van der Waals surface area contributed by atoms with E-state index in [1.165, 1.54) is 5.56 Å². The van der Waals surface area contributed by atoms with Crippen LogP contribution in [-0.4, -0.2) is 45.5 Å². The van der Waals surface area contributed by atoms with Crippen molar-refractivity contribution >= 4 is 17.1 Å². The molecule has 1 fully saturated rings. The first-order chi connectivity index (χ1) is 13.5. The SMILES string of the molecule is CC1(C)OCC(CNC(=O)c2cnc3c(c2)ncn3CCc2ccccc2)O1. The molecule has 0 spiro atoms. The van der Waals surface area contributed by atoms with Gasteiger partial charge in [-0.1, -0.05) is 30.3 Å². The molecule has 1 amide bonds. The highest BCUT2D eigenvalue weighted by molar-refractivity contribution is 5.96. The number of nitrogens with one attached hydrogen (secondary N) is 1. The van der Waals surface area contributed by atoms with Crippen molar-refractivity contribution in [2.75, 3.05) is 13.2 Å². The van der Waals surface area contributed by atoms with Gasteiger partial charge in [0.25, 0.3) is 5.91 Å². The Hall–Kier alpha value is -2.77. The molecular formula is C21H24N4O3. The van der Waals surface area contributed by atoms with Crippen molar-refractivity contribution < 1.29 is 14.3 Å². The van der Waals surface area contributed by atoms with Gasteiger partial charge in [-0.3, -0.25) is 4.79 Å². The van der Waals surface area contributed by atoms with E-state index in [0.717, 1.165) is 18.6 Å². The number of carbonyl (C=O) groups is 1. The largest absolute Gasteiger partial charge is 0.349 e. The molecular weight excluding hydrogens is 356 g/mol. The number of pyridine rings is 1. The van der Waals surface area contributed by atoms with Gasteiger partial charge in [0.1, 0.15) is 11.6 Å². The Balaban J connectivity index is 1.38. The van der Waals surface area contributed by atoms with E-state index in [0.29, 0.717) is 24.2 Å². The summed E-state index contributed by atoms with van der Waals surface area (Å²) < 4.78 is 13.2. The summed E-state index contributed by atoms with van der Waals surface area (Å²) in [5, 5.41) is 2.88. The minimum Gasteiger partial charge on any atom is -0.349 e. The number of amides is 1. The molecule has 0 radical (unpaired) electrons. The lowest BCUT2D eigenvalue weighted by Crippen LogP contribution is -2.34. The minimum absolute atomic E-state index is 0.146. The summed E-state index contributed by atoms with van der Waals surface area (Å²) in [6, 6.07) is 12.1. The zero-order valence-electron chi connectivity index (χ0n) is 16.1. The van der Waals surface area contributed by atoms with Gasteiger partial charge in [0.15, 0.2) is 11.4 Å². The average Bonchev–Trinajstić information content (AvgIpc) is 3.27. The Morgan fingerprint density at radius 2 is 2.11 bits per heavy atom. The number of aryl methyl sites for hydroxylation is 2. The van der Waals surface area contributed by atoms with E-state index in [9.17, 15) is 4.79 Å². The molecule has 0 bridgehead atoms. The van der Waals surface area contributed by atoms with Crippen LogP contribution in [0.1, 0.15) is 29.8 Å². The third-order valence-electron chi connectivity index (χ3n) is 4.76. The number of hydrogen-bond acceptors (Lipinski definition) is 5. The average molecular weight is 380 g/mol. The van der Waals surface area contributed by atoms with Crippen LogP contribution in [0.2, 0.25) is 0 Å². The molecule has 1 aliphatic heterocycles. The summed E-state index contributed by atoms with van der Waals surface area (Å²) >= 11 is 0. The summed E-state index contributed by atoms with van der Waals surface area (Å²) in [6.45, 7) is 5.37. The van der Waals surface area contributed by atoms with E-state index < -0.39 is 5.79 Å². The van der Waals surface area contributed by atoms with Crippen LogP contribution in [0.3, 0.4) is 0 Å². The predicted molar refractivity (Wildman–Crippen MR) is 105 cm³/mol. The number of carbonyl (C=O) groups excluding carboxylic acids is 1. The Labute approximate surface area is 163 Å². The molecule has 4 rings (SSSR count). The number of ether oxygens (including phenoxy) is 2. The van der Waals surface area contributed by atoms with Crippen molar-refractivity contribution in [3.05, 3.63) is 60.0 Å². The van der Waals surface area contributed by atoms with E-state index in [-0.39, 0.29) is 12.0 Å². The predicted octanol–water partition coefficient (Wildman–Crippen LogP) is 2.56. The Morgan fingerprint density at radius 3 is 2.86 bits per heavy atom. The summed E-state index contributed by atoms with van der Waals surface area (Å²) in [4.78, 5) is 21.3. The lowest BCUT2D eigenvalue weighted by Gasteiger charge is -2.17. The number of aromatic nitrogens is 3. The second-order valence-corrected chi connectivity index (χ2v) is 7.40. The summed E-state index contributed by atoms with van der Waals surface area (Å²) in [7, 11) is 0.